The molecule has 2 atom stereocenters. The summed E-state index contributed by atoms with van der Waals surface area (Å²) in [4.78, 5) is 27.9. The molecule has 0 bridgehead atoms. The topological polar surface area (TPSA) is 60.9 Å². The maximum atomic E-state index is 12.6. The Balaban J connectivity index is 1.88. The molecule has 22 heavy (non-hydrogen) atoms. The van der Waals surface area contributed by atoms with Crippen molar-refractivity contribution in [2.75, 3.05) is 11.4 Å². The normalized spacial score (nSPS) is 24.5. The number of nitrogens with zero attached hydrogens (tertiary/aromatic N) is 2. The smallest absolute Gasteiger partial charge is 0.332 e. The number of aryl methyl sites for hydroxylation is 1. The van der Waals surface area contributed by atoms with Crippen LogP contribution in [0.15, 0.2) is 36.4 Å². The van der Waals surface area contributed by atoms with Crippen LogP contribution in [0.25, 0.3) is 10.8 Å². The third-order valence-corrected chi connectivity index (χ3v) is 4.64. The van der Waals surface area contributed by atoms with Gasteiger partial charge in [0.05, 0.1) is 11.8 Å². The first-order valence-electron chi connectivity index (χ1n) is 7.40. The zero-order chi connectivity index (χ0) is 15.4. The molecule has 2 aromatic carbocycles. The largest absolute Gasteiger partial charge is 0.390 e. The Labute approximate surface area is 127 Å². The molecular formula is C17H16N2O3. The van der Waals surface area contributed by atoms with E-state index in [-0.39, 0.29) is 11.9 Å². The molecule has 2 heterocycles. The van der Waals surface area contributed by atoms with Crippen LogP contribution in [-0.2, 0) is 4.79 Å². The van der Waals surface area contributed by atoms with Crippen molar-refractivity contribution < 1.29 is 14.7 Å². The van der Waals surface area contributed by atoms with E-state index in [1.54, 1.807) is 0 Å². The molecule has 4 rings (SSSR count). The van der Waals surface area contributed by atoms with Crippen molar-refractivity contribution in [3.63, 3.8) is 0 Å². The molecule has 0 spiro atoms. The molecule has 2 aliphatic heterocycles. The molecule has 2 aliphatic rings. The zero-order valence-corrected chi connectivity index (χ0v) is 12.2. The van der Waals surface area contributed by atoms with E-state index in [0.29, 0.717) is 18.7 Å². The van der Waals surface area contributed by atoms with E-state index in [0.717, 1.165) is 16.3 Å². The molecule has 2 fully saturated rings. The predicted molar refractivity (Wildman–Crippen MR) is 82.7 cm³/mol. The number of benzene rings is 2. The minimum atomic E-state index is -0.766. The van der Waals surface area contributed by atoms with Gasteiger partial charge in [0, 0.05) is 11.9 Å². The summed E-state index contributed by atoms with van der Waals surface area (Å²) in [6, 6.07) is 10.4. The lowest BCUT2D eigenvalue weighted by molar-refractivity contribution is -0.121. The van der Waals surface area contributed by atoms with Crippen LogP contribution >= 0.6 is 0 Å². The minimum Gasteiger partial charge on any atom is -0.390 e. The Morgan fingerprint density at radius 3 is 2.55 bits per heavy atom. The molecule has 0 radical (unpaired) electrons. The van der Waals surface area contributed by atoms with Gasteiger partial charge in [0.1, 0.15) is 6.04 Å². The Hall–Kier alpha value is -2.40. The maximum absolute atomic E-state index is 12.6. The first-order valence-corrected chi connectivity index (χ1v) is 7.40. The van der Waals surface area contributed by atoms with E-state index >= 15 is 0 Å². The Kier molecular flexibility index (Phi) is 2.74. The number of urea groups is 1. The molecule has 0 aliphatic carbocycles. The zero-order valence-electron chi connectivity index (χ0n) is 12.2. The molecule has 0 unspecified atom stereocenters. The summed E-state index contributed by atoms with van der Waals surface area (Å²) in [5.74, 6) is -0.330. The summed E-state index contributed by atoms with van der Waals surface area (Å²) in [5, 5.41) is 11.9. The lowest BCUT2D eigenvalue weighted by Gasteiger charge is -2.18. The number of amides is 3. The molecular weight excluding hydrogens is 280 g/mol. The van der Waals surface area contributed by atoms with Crippen LogP contribution in [0.1, 0.15) is 12.0 Å². The highest BCUT2D eigenvalue weighted by molar-refractivity contribution is 6.24. The molecule has 3 amide bonds. The van der Waals surface area contributed by atoms with E-state index in [9.17, 15) is 14.7 Å². The van der Waals surface area contributed by atoms with Crippen molar-refractivity contribution in [2.45, 2.75) is 25.5 Å². The molecule has 0 saturated carbocycles. The van der Waals surface area contributed by atoms with Crippen molar-refractivity contribution in [3.8, 4) is 0 Å². The molecule has 1 N–H and O–H groups in total. The second-order valence-corrected chi connectivity index (χ2v) is 5.90. The van der Waals surface area contributed by atoms with Gasteiger partial charge in [0.25, 0.3) is 5.91 Å². The number of aliphatic hydroxyl groups is 1. The average Bonchev–Trinajstić information content (AvgIpc) is 3.02. The van der Waals surface area contributed by atoms with Gasteiger partial charge in [0.2, 0.25) is 0 Å². The molecule has 112 valence electrons. The predicted octanol–water partition coefficient (Wildman–Crippen LogP) is 2.05. The number of carbonyl (C=O) groups is 2. The van der Waals surface area contributed by atoms with Crippen molar-refractivity contribution >= 4 is 28.4 Å². The molecule has 2 aromatic rings. The van der Waals surface area contributed by atoms with Gasteiger partial charge in [-0.05, 0) is 30.4 Å². The molecule has 0 aromatic heterocycles. The molecule has 2 saturated heterocycles. The van der Waals surface area contributed by atoms with E-state index < -0.39 is 12.1 Å². The van der Waals surface area contributed by atoms with E-state index in [4.69, 9.17) is 0 Å². The second kappa shape index (κ2) is 4.55. The van der Waals surface area contributed by atoms with E-state index in [1.807, 2.05) is 43.3 Å². The number of imide groups is 1. The monoisotopic (exact) mass is 296 g/mol. The van der Waals surface area contributed by atoms with Gasteiger partial charge in [-0.25, -0.2) is 9.69 Å². The lowest BCUT2D eigenvalue weighted by Crippen LogP contribution is -2.36. The third kappa shape index (κ3) is 1.63. The number of aliphatic hydroxyl groups excluding tert-OH is 1. The number of carbonyl (C=O) groups excluding carboxylic acids is 2. The van der Waals surface area contributed by atoms with Crippen LogP contribution < -0.4 is 4.90 Å². The van der Waals surface area contributed by atoms with Crippen molar-refractivity contribution in [1.29, 1.82) is 0 Å². The number of rotatable bonds is 1. The summed E-state index contributed by atoms with van der Waals surface area (Å²) in [6.45, 7) is 2.43. The van der Waals surface area contributed by atoms with Gasteiger partial charge in [-0.2, -0.15) is 0 Å². The summed E-state index contributed by atoms with van der Waals surface area (Å²) in [7, 11) is 0. The van der Waals surface area contributed by atoms with Crippen LogP contribution in [0, 0.1) is 6.92 Å². The number of hydrogen-bond donors (Lipinski definition) is 1. The Morgan fingerprint density at radius 1 is 1.09 bits per heavy atom. The van der Waals surface area contributed by atoms with Crippen molar-refractivity contribution in [3.05, 3.63) is 42.0 Å². The van der Waals surface area contributed by atoms with Gasteiger partial charge in [-0.3, -0.25) is 4.79 Å². The van der Waals surface area contributed by atoms with E-state index in [2.05, 4.69) is 0 Å². The van der Waals surface area contributed by atoms with Crippen molar-refractivity contribution in [1.82, 2.24) is 4.90 Å². The summed E-state index contributed by atoms with van der Waals surface area (Å²) < 4.78 is 0. The Bertz CT molecular complexity index is 802. The fourth-order valence-electron chi connectivity index (χ4n) is 3.49. The molecule has 5 heteroatoms. The standard InChI is InChI=1S/C17H16N2O3/c1-10-6-7-13(12-5-3-2-4-11(10)12)19-16(21)15-14(20)8-9-18(15)17(19)22/h2-7,14-15,20H,8-9H2,1H3/t14-,15+/m0/s1. The van der Waals surface area contributed by atoms with Crippen LogP contribution in [0.2, 0.25) is 0 Å². The fraction of sp³-hybridized carbons (Fsp3) is 0.294. The van der Waals surface area contributed by atoms with Gasteiger partial charge in [0.15, 0.2) is 0 Å². The fourth-order valence-corrected chi connectivity index (χ4v) is 3.49. The number of anilines is 1. The van der Waals surface area contributed by atoms with Gasteiger partial charge >= 0.3 is 6.03 Å². The highest BCUT2D eigenvalue weighted by Crippen LogP contribution is 2.36. The first-order chi connectivity index (χ1) is 10.6. The SMILES string of the molecule is Cc1ccc(N2C(=O)[C@H]3[C@@H](O)CCN3C2=O)c2ccccc12. The number of fused-ring (bicyclic) bond motifs is 2. The number of hydrogen-bond acceptors (Lipinski definition) is 3. The summed E-state index contributed by atoms with van der Waals surface area (Å²) >= 11 is 0. The third-order valence-electron chi connectivity index (χ3n) is 4.64. The van der Waals surface area contributed by atoms with E-state index in [1.165, 1.54) is 9.80 Å². The lowest BCUT2D eigenvalue weighted by atomic mass is 10.0. The van der Waals surface area contributed by atoms with Crippen LogP contribution in [0.5, 0.6) is 0 Å². The van der Waals surface area contributed by atoms with Gasteiger partial charge in [-0.1, -0.05) is 30.3 Å². The maximum Gasteiger partial charge on any atom is 0.332 e. The van der Waals surface area contributed by atoms with Gasteiger partial charge < -0.3 is 10.0 Å². The van der Waals surface area contributed by atoms with Gasteiger partial charge in [-0.15, -0.1) is 0 Å². The summed E-state index contributed by atoms with van der Waals surface area (Å²) in [5.41, 5.74) is 1.69. The summed E-state index contributed by atoms with van der Waals surface area (Å²) in [6.07, 6.45) is -0.303. The van der Waals surface area contributed by atoms with Crippen molar-refractivity contribution in [2.24, 2.45) is 0 Å². The minimum absolute atomic E-state index is 0.330. The van der Waals surface area contributed by atoms with Crippen LogP contribution in [0.3, 0.4) is 0 Å². The van der Waals surface area contributed by atoms with Crippen LogP contribution in [0.4, 0.5) is 10.5 Å². The quantitative estimate of drug-likeness (QED) is 0.819. The average molecular weight is 296 g/mol. The second-order valence-electron chi connectivity index (χ2n) is 5.90. The molecule has 5 nitrogen and oxygen atoms in total. The highest BCUT2D eigenvalue weighted by atomic mass is 16.3. The highest BCUT2D eigenvalue weighted by Gasteiger charge is 2.52. The Morgan fingerprint density at radius 2 is 1.82 bits per heavy atom. The van der Waals surface area contributed by atoms with Crippen LogP contribution in [-0.4, -0.2) is 40.6 Å². The first kappa shape index (κ1) is 13.3.